The van der Waals surface area contributed by atoms with Gasteiger partial charge in [-0.1, -0.05) is 0 Å². The Kier molecular flexibility index (Phi) is 5.78. The van der Waals surface area contributed by atoms with E-state index in [-0.39, 0.29) is 17.3 Å². The smallest absolute Gasteiger partial charge is 0.243 e. The van der Waals surface area contributed by atoms with Gasteiger partial charge in [0.25, 0.3) is 0 Å². The maximum absolute atomic E-state index is 13.0. The summed E-state index contributed by atoms with van der Waals surface area (Å²) in [6.07, 6.45) is 3.50. The van der Waals surface area contributed by atoms with Crippen molar-refractivity contribution in [3.05, 3.63) is 41.2 Å². The zero-order valence-electron chi connectivity index (χ0n) is 17.3. The molecule has 0 radical (unpaired) electrons. The molecule has 160 valence electrons. The lowest BCUT2D eigenvalue weighted by molar-refractivity contribution is -0.116. The fraction of sp³-hybridized carbons (Fsp3) is 0.429. The summed E-state index contributed by atoms with van der Waals surface area (Å²) in [6.45, 7) is 5.21. The number of fused-ring (bicyclic) bond motifs is 1. The Morgan fingerprint density at radius 3 is 2.63 bits per heavy atom. The predicted molar refractivity (Wildman–Crippen MR) is 117 cm³/mol. The van der Waals surface area contributed by atoms with E-state index < -0.39 is 10.0 Å². The first-order valence-electron chi connectivity index (χ1n) is 9.89. The highest BCUT2D eigenvalue weighted by Gasteiger charge is 2.31. The maximum atomic E-state index is 13.0. The monoisotopic (exact) mass is 447 g/mol. The zero-order chi connectivity index (χ0) is 21.5. The second-order valence-electron chi connectivity index (χ2n) is 7.56. The number of thioether (sulfide) groups is 1. The molecule has 4 rings (SSSR count). The van der Waals surface area contributed by atoms with Crippen molar-refractivity contribution in [2.45, 2.75) is 43.0 Å². The Labute approximate surface area is 181 Å². The number of anilines is 1. The molecule has 1 amide bonds. The number of sulfonamides is 1. The van der Waals surface area contributed by atoms with Gasteiger partial charge in [-0.05, 0) is 44.9 Å². The van der Waals surface area contributed by atoms with Crippen LogP contribution in [-0.2, 0) is 21.4 Å². The lowest BCUT2D eigenvalue weighted by Gasteiger charge is -2.30. The van der Waals surface area contributed by atoms with Crippen LogP contribution in [0.15, 0.2) is 34.2 Å². The molecule has 0 aliphatic carbocycles. The molecular weight excluding hydrogens is 422 g/mol. The first kappa shape index (κ1) is 21.1. The number of pyridine rings is 1. The summed E-state index contributed by atoms with van der Waals surface area (Å²) in [4.78, 5) is 20.1. The number of carbonyl (C=O) groups excluding carboxylic acids is 1. The third kappa shape index (κ3) is 3.70. The number of hydrogen-bond acceptors (Lipinski definition) is 6. The number of aryl methyl sites for hydroxylation is 1. The molecule has 0 spiro atoms. The number of hydrogen-bond donors (Lipinski definition) is 0. The SMILES string of the molecule is COc1c(C)cnc(CN2C(=O)CSc3ccc(S(=O)(=O)N4CCCC4)cc32)c1C. The van der Waals surface area contributed by atoms with Crippen LogP contribution in [0.5, 0.6) is 5.75 Å². The van der Waals surface area contributed by atoms with Gasteiger partial charge in [0.1, 0.15) is 5.75 Å². The van der Waals surface area contributed by atoms with Gasteiger partial charge in [-0.2, -0.15) is 4.31 Å². The van der Waals surface area contributed by atoms with E-state index in [9.17, 15) is 13.2 Å². The van der Waals surface area contributed by atoms with Crippen molar-refractivity contribution in [1.29, 1.82) is 0 Å². The lowest BCUT2D eigenvalue weighted by atomic mass is 10.1. The van der Waals surface area contributed by atoms with Crippen LogP contribution in [0.1, 0.15) is 29.7 Å². The van der Waals surface area contributed by atoms with Gasteiger partial charge in [0.15, 0.2) is 0 Å². The van der Waals surface area contributed by atoms with Crippen LogP contribution in [0, 0.1) is 13.8 Å². The van der Waals surface area contributed by atoms with Crippen molar-refractivity contribution in [2.75, 3.05) is 30.9 Å². The number of benzene rings is 1. The molecule has 2 aromatic rings. The van der Waals surface area contributed by atoms with Crippen molar-refractivity contribution < 1.29 is 17.9 Å². The summed E-state index contributed by atoms with van der Waals surface area (Å²) in [7, 11) is -1.94. The first-order valence-corrected chi connectivity index (χ1v) is 12.3. The Hall–Kier alpha value is -2.10. The Bertz CT molecular complexity index is 1100. The third-order valence-corrected chi connectivity index (χ3v) is 8.58. The number of aromatic nitrogens is 1. The fourth-order valence-electron chi connectivity index (χ4n) is 3.97. The Balaban J connectivity index is 1.73. The molecule has 2 aliphatic rings. The van der Waals surface area contributed by atoms with Gasteiger partial charge in [0.05, 0.1) is 35.7 Å². The summed E-state index contributed by atoms with van der Waals surface area (Å²) < 4.78 is 33.1. The maximum Gasteiger partial charge on any atom is 0.243 e. The van der Waals surface area contributed by atoms with Gasteiger partial charge in [-0.3, -0.25) is 9.78 Å². The molecule has 30 heavy (non-hydrogen) atoms. The molecule has 1 saturated heterocycles. The number of ether oxygens (including phenoxy) is 1. The highest BCUT2D eigenvalue weighted by atomic mass is 32.2. The van der Waals surface area contributed by atoms with Gasteiger partial charge in [0, 0.05) is 35.3 Å². The van der Waals surface area contributed by atoms with Crippen LogP contribution in [0.3, 0.4) is 0 Å². The van der Waals surface area contributed by atoms with Crippen molar-refractivity contribution in [1.82, 2.24) is 9.29 Å². The number of amides is 1. The standard InChI is InChI=1S/C21H25N3O4S2/c1-14-11-22-17(15(2)21(14)28-3)12-24-18-10-16(6-7-19(18)29-13-20(24)25)30(26,27)23-8-4-5-9-23/h6-7,10-11H,4-5,8-9,12-13H2,1-3H3. The second-order valence-corrected chi connectivity index (χ2v) is 10.5. The summed E-state index contributed by atoms with van der Waals surface area (Å²) in [5, 5.41) is 0. The number of methoxy groups -OCH3 is 1. The van der Waals surface area contributed by atoms with Crippen LogP contribution in [-0.4, -0.2) is 49.6 Å². The lowest BCUT2D eigenvalue weighted by Crippen LogP contribution is -2.36. The number of carbonyl (C=O) groups is 1. The third-order valence-electron chi connectivity index (χ3n) is 5.63. The molecule has 1 aromatic heterocycles. The van der Waals surface area contributed by atoms with Crippen LogP contribution >= 0.6 is 11.8 Å². The van der Waals surface area contributed by atoms with E-state index in [0.717, 1.165) is 40.3 Å². The molecule has 1 fully saturated rings. The quantitative estimate of drug-likeness (QED) is 0.701. The Morgan fingerprint density at radius 2 is 1.93 bits per heavy atom. The van der Waals surface area contributed by atoms with E-state index in [2.05, 4.69) is 4.98 Å². The van der Waals surface area contributed by atoms with Crippen molar-refractivity contribution in [2.24, 2.45) is 0 Å². The van der Waals surface area contributed by atoms with E-state index in [1.54, 1.807) is 36.4 Å². The van der Waals surface area contributed by atoms with E-state index in [4.69, 9.17) is 4.74 Å². The van der Waals surface area contributed by atoms with Gasteiger partial charge in [-0.15, -0.1) is 11.8 Å². The van der Waals surface area contributed by atoms with Crippen LogP contribution in [0.4, 0.5) is 5.69 Å². The second kappa shape index (κ2) is 8.20. The summed E-state index contributed by atoms with van der Waals surface area (Å²) in [5.74, 6) is 1.00. The normalized spacial score (nSPS) is 17.3. The summed E-state index contributed by atoms with van der Waals surface area (Å²) >= 11 is 1.43. The van der Waals surface area contributed by atoms with Gasteiger partial charge < -0.3 is 9.64 Å². The predicted octanol–water partition coefficient (Wildman–Crippen LogP) is 3.13. The molecule has 2 aliphatic heterocycles. The highest BCUT2D eigenvalue weighted by Crippen LogP contribution is 2.39. The number of rotatable bonds is 5. The van der Waals surface area contributed by atoms with Crippen LogP contribution in [0.25, 0.3) is 0 Å². The van der Waals surface area contributed by atoms with Crippen molar-refractivity contribution in [3.63, 3.8) is 0 Å². The largest absolute Gasteiger partial charge is 0.496 e. The zero-order valence-corrected chi connectivity index (χ0v) is 19.0. The molecule has 0 saturated carbocycles. The molecule has 7 nitrogen and oxygen atoms in total. The molecule has 3 heterocycles. The fourth-order valence-corrected chi connectivity index (χ4v) is 6.43. The number of nitrogens with zero attached hydrogens (tertiary/aromatic N) is 3. The van der Waals surface area contributed by atoms with Crippen molar-refractivity contribution >= 4 is 33.4 Å². The van der Waals surface area contributed by atoms with Gasteiger partial charge in [-0.25, -0.2) is 8.42 Å². The summed E-state index contributed by atoms with van der Waals surface area (Å²) in [5.41, 5.74) is 3.17. The van der Waals surface area contributed by atoms with Gasteiger partial charge in [0.2, 0.25) is 15.9 Å². The molecule has 0 atom stereocenters. The average molecular weight is 448 g/mol. The van der Waals surface area contributed by atoms with Gasteiger partial charge >= 0.3 is 0 Å². The molecular formula is C21H25N3O4S2. The summed E-state index contributed by atoms with van der Waals surface area (Å²) in [6, 6.07) is 5.08. The van der Waals surface area contributed by atoms with E-state index in [1.807, 2.05) is 13.8 Å². The molecule has 0 bridgehead atoms. The topological polar surface area (TPSA) is 79.8 Å². The first-order chi connectivity index (χ1) is 14.3. The van der Waals surface area contributed by atoms with Crippen molar-refractivity contribution in [3.8, 4) is 5.75 Å². The van der Waals surface area contributed by atoms with E-state index in [1.165, 1.54) is 16.1 Å². The average Bonchev–Trinajstić information content (AvgIpc) is 3.27. The van der Waals surface area contributed by atoms with Crippen LogP contribution < -0.4 is 9.64 Å². The molecule has 0 N–H and O–H groups in total. The van der Waals surface area contributed by atoms with E-state index >= 15 is 0 Å². The molecule has 1 aromatic carbocycles. The van der Waals surface area contributed by atoms with E-state index in [0.29, 0.717) is 24.5 Å². The van der Waals surface area contributed by atoms with Crippen LogP contribution in [0.2, 0.25) is 0 Å². The minimum atomic E-state index is -3.56. The minimum Gasteiger partial charge on any atom is -0.496 e. The molecule has 0 unspecified atom stereocenters. The highest BCUT2D eigenvalue weighted by molar-refractivity contribution is 8.00. The molecule has 9 heteroatoms. The Morgan fingerprint density at radius 1 is 1.20 bits per heavy atom. The minimum absolute atomic E-state index is 0.0658.